The molecule has 1 saturated heterocycles. The average molecular weight is 442 g/mol. The molecule has 2 aromatic heterocycles. The van der Waals surface area contributed by atoms with Crippen LogP contribution in [0.3, 0.4) is 0 Å². The van der Waals surface area contributed by atoms with Crippen LogP contribution in [0.4, 0.5) is 5.69 Å². The Morgan fingerprint density at radius 1 is 1.28 bits per heavy atom. The predicted molar refractivity (Wildman–Crippen MR) is 120 cm³/mol. The van der Waals surface area contributed by atoms with Crippen LogP contribution in [-0.4, -0.2) is 56.4 Å². The van der Waals surface area contributed by atoms with Gasteiger partial charge in [-0.2, -0.15) is 5.10 Å². The van der Waals surface area contributed by atoms with Crippen molar-refractivity contribution in [3.8, 4) is 0 Å². The van der Waals surface area contributed by atoms with E-state index in [1.165, 1.54) is 0 Å². The molecule has 9 nitrogen and oxygen atoms in total. The van der Waals surface area contributed by atoms with Gasteiger partial charge in [-0.3, -0.25) is 4.79 Å². The molecule has 0 aromatic carbocycles. The van der Waals surface area contributed by atoms with Gasteiger partial charge < -0.3 is 20.0 Å². The van der Waals surface area contributed by atoms with Crippen molar-refractivity contribution in [3.63, 3.8) is 0 Å². The monoisotopic (exact) mass is 441 g/mol. The van der Waals surface area contributed by atoms with Crippen molar-refractivity contribution in [2.75, 3.05) is 18.5 Å². The summed E-state index contributed by atoms with van der Waals surface area (Å²) < 4.78 is 7.47. The van der Waals surface area contributed by atoms with Crippen LogP contribution in [0.2, 0.25) is 0 Å². The molecule has 0 atom stereocenters. The summed E-state index contributed by atoms with van der Waals surface area (Å²) in [5.41, 5.74) is 4.30. The summed E-state index contributed by atoms with van der Waals surface area (Å²) in [5, 5.41) is 23.2. The molecule has 0 unspecified atom stereocenters. The number of hydrogen-bond donors (Lipinski definition) is 2. The maximum atomic E-state index is 11.4. The number of oxime groups is 1. The van der Waals surface area contributed by atoms with E-state index in [-0.39, 0.29) is 5.92 Å². The van der Waals surface area contributed by atoms with Crippen molar-refractivity contribution in [1.29, 1.82) is 0 Å². The summed E-state index contributed by atoms with van der Waals surface area (Å²) in [6, 6.07) is 0.320. The van der Waals surface area contributed by atoms with Crippen molar-refractivity contribution in [2.24, 2.45) is 11.1 Å². The molecule has 1 aliphatic carbocycles. The van der Waals surface area contributed by atoms with Gasteiger partial charge in [0, 0.05) is 37.8 Å². The number of aromatic nitrogens is 3. The number of nitrogens with zero attached hydrogens (tertiary/aromatic N) is 4. The highest BCUT2D eigenvalue weighted by Crippen LogP contribution is 2.43. The first-order valence-corrected chi connectivity index (χ1v) is 11.7. The van der Waals surface area contributed by atoms with Gasteiger partial charge in [-0.25, -0.2) is 9.67 Å². The zero-order chi connectivity index (χ0) is 22.3. The number of hydrogen-bond acceptors (Lipinski definition) is 7. The number of anilines is 1. The molecule has 1 spiro atoms. The quantitative estimate of drug-likeness (QED) is 0.731. The first-order valence-electron chi connectivity index (χ1n) is 11.7. The summed E-state index contributed by atoms with van der Waals surface area (Å²) in [7, 11) is 0. The zero-order valence-electron chi connectivity index (χ0n) is 18.8. The molecule has 2 aliphatic heterocycles. The van der Waals surface area contributed by atoms with Crippen LogP contribution in [0.25, 0.3) is 11.0 Å². The Hall–Kier alpha value is -2.68. The van der Waals surface area contributed by atoms with Gasteiger partial charge in [0.25, 0.3) is 0 Å². The number of pyridine rings is 1. The minimum Gasteiger partial charge on any atom is -0.481 e. The molecule has 9 heteroatoms. The number of nitrogens with one attached hydrogen (secondary N) is 1. The number of fused-ring (bicyclic) bond motifs is 1. The molecular weight excluding hydrogens is 410 g/mol. The molecule has 1 saturated carbocycles. The van der Waals surface area contributed by atoms with Gasteiger partial charge in [-0.05, 0) is 52.4 Å². The van der Waals surface area contributed by atoms with Gasteiger partial charge in [0.05, 0.1) is 34.6 Å². The lowest BCUT2D eigenvalue weighted by molar-refractivity contribution is -0.145. The zero-order valence-corrected chi connectivity index (χ0v) is 18.8. The maximum absolute atomic E-state index is 11.4. The van der Waals surface area contributed by atoms with Gasteiger partial charge in [-0.15, -0.1) is 0 Å². The SMILES string of the molecule is CCn1ncc2c(NC3CCOCC3)c(C3=NOC4(CCC(C(=O)O)CC4)C3)c(C)nc21. The molecule has 0 amide bonds. The summed E-state index contributed by atoms with van der Waals surface area (Å²) in [5.74, 6) is -0.987. The summed E-state index contributed by atoms with van der Waals surface area (Å²) in [4.78, 5) is 22.3. The van der Waals surface area contributed by atoms with Gasteiger partial charge in [-0.1, -0.05) is 5.16 Å². The highest BCUT2D eigenvalue weighted by Gasteiger charge is 2.45. The van der Waals surface area contributed by atoms with E-state index < -0.39 is 11.6 Å². The van der Waals surface area contributed by atoms with E-state index in [4.69, 9.17) is 14.6 Å². The molecule has 5 rings (SSSR count). The van der Waals surface area contributed by atoms with Crippen LogP contribution in [0, 0.1) is 12.8 Å². The van der Waals surface area contributed by atoms with Crippen molar-refractivity contribution in [1.82, 2.24) is 14.8 Å². The molecule has 32 heavy (non-hydrogen) atoms. The summed E-state index contributed by atoms with van der Waals surface area (Å²) in [6.07, 6.45) is 7.15. The lowest BCUT2D eigenvalue weighted by Gasteiger charge is -2.33. The fourth-order valence-electron chi connectivity index (χ4n) is 5.30. The lowest BCUT2D eigenvalue weighted by Crippen LogP contribution is -2.36. The third-order valence-electron chi connectivity index (χ3n) is 7.21. The van der Waals surface area contributed by atoms with Crippen LogP contribution in [0.1, 0.15) is 63.1 Å². The van der Waals surface area contributed by atoms with Gasteiger partial charge in [0.2, 0.25) is 0 Å². The van der Waals surface area contributed by atoms with Gasteiger partial charge in [0.1, 0.15) is 5.60 Å². The predicted octanol–water partition coefficient (Wildman–Crippen LogP) is 3.49. The van der Waals surface area contributed by atoms with Crippen LogP contribution in [0.5, 0.6) is 0 Å². The van der Waals surface area contributed by atoms with Crippen molar-refractivity contribution in [3.05, 3.63) is 17.5 Å². The van der Waals surface area contributed by atoms with Crippen LogP contribution < -0.4 is 5.32 Å². The fourth-order valence-corrected chi connectivity index (χ4v) is 5.30. The summed E-state index contributed by atoms with van der Waals surface area (Å²) >= 11 is 0. The normalized spacial score (nSPS) is 26.3. The van der Waals surface area contributed by atoms with Crippen molar-refractivity contribution < 1.29 is 19.5 Å². The standard InChI is InChI=1S/C23H31N5O4/c1-3-28-21-17(13-24-28)20(26-16-6-10-31-11-7-16)19(14(2)25-21)18-12-23(32-27-18)8-4-15(5-9-23)22(29)30/h13,15-16H,3-12H2,1-2H3,(H,25,26)(H,29,30). The molecule has 2 N–H and O–H groups in total. The van der Waals surface area contributed by atoms with E-state index in [9.17, 15) is 9.90 Å². The highest BCUT2D eigenvalue weighted by atomic mass is 16.7. The molecule has 172 valence electrons. The maximum Gasteiger partial charge on any atom is 0.306 e. The van der Waals surface area contributed by atoms with Gasteiger partial charge in [0.15, 0.2) is 5.65 Å². The Labute approximate surface area is 187 Å². The van der Waals surface area contributed by atoms with Crippen LogP contribution in [-0.2, 0) is 20.9 Å². The molecule has 0 radical (unpaired) electrons. The second-order valence-corrected chi connectivity index (χ2v) is 9.28. The second-order valence-electron chi connectivity index (χ2n) is 9.28. The number of rotatable bonds is 5. The van der Waals surface area contributed by atoms with Crippen molar-refractivity contribution in [2.45, 2.75) is 77.0 Å². The minimum atomic E-state index is -0.708. The molecule has 0 bridgehead atoms. The highest BCUT2D eigenvalue weighted by molar-refractivity contribution is 6.11. The number of aryl methyl sites for hydroxylation is 2. The van der Waals surface area contributed by atoms with E-state index in [2.05, 4.69) is 22.5 Å². The molecule has 3 aliphatic rings. The van der Waals surface area contributed by atoms with E-state index in [1.807, 2.05) is 17.8 Å². The number of carboxylic acids is 1. The van der Waals surface area contributed by atoms with E-state index in [1.54, 1.807) is 0 Å². The topological polar surface area (TPSA) is 111 Å². The smallest absolute Gasteiger partial charge is 0.306 e. The van der Waals surface area contributed by atoms with Crippen LogP contribution in [0.15, 0.2) is 11.4 Å². The third kappa shape index (κ3) is 3.72. The van der Waals surface area contributed by atoms with E-state index in [0.29, 0.717) is 38.1 Å². The van der Waals surface area contributed by atoms with E-state index >= 15 is 0 Å². The Morgan fingerprint density at radius 3 is 2.72 bits per heavy atom. The number of aliphatic carboxylic acids is 1. The fraction of sp³-hybridized carbons (Fsp3) is 0.652. The first-order chi connectivity index (χ1) is 15.5. The Morgan fingerprint density at radius 2 is 2.03 bits per heavy atom. The molecule has 2 fully saturated rings. The Kier molecular flexibility index (Phi) is 5.53. The molecule has 2 aromatic rings. The summed E-state index contributed by atoms with van der Waals surface area (Å²) in [6.45, 7) is 6.35. The largest absolute Gasteiger partial charge is 0.481 e. The lowest BCUT2D eigenvalue weighted by atomic mass is 9.76. The van der Waals surface area contributed by atoms with Crippen molar-refractivity contribution >= 4 is 28.4 Å². The van der Waals surface area contributed by atoms with Gasteiger partial charge >= 0.3 is 5.97 Å². The Balaban J connectivity index is 1.48. The number of carboxylic acid groups (broad SMARTS) is 1. The number of carbonyl (C=O) groups is 1. The third-order valence-corrected chi connectivity index (χ3v) is 7.21. The number of ether oxygens (including phenoxy) is 1. The second kappa shape index (κ2) is 8.35. The Bertz CT molecular complexity index is 1050. The first kappa shape index (κ1) is 21.2. The van der Waals surface area contributed by atoms with Crippen LogP contribution >= 0.6 is 0 Å². The average Bonchev–Trinajstić information content (AvgIpc) is 3.39. The minimum absolute atomic E-state index is 0.279. The molecular formula is C23H31N5O4. The molecule has 4 heterocycles. The van der Waals surface area contributed by atoms with E-state index in [0.717, 1.165) is 66.3 Å².